The van der Waals surface area contributed by atoms with Crippen LogP contribution in [0, 0.1) is 0 Å². The lowest BCUT2D eigenvalue weighted by atomic mass is 10.2. The average Bonchev–Trinajstić information content (AvgIpc) is 3.09. The van der Waals surface area contributed by atoms with Crippen molar-refractivity contribution < 1.29 is 4.74 Å². The molecule has 0 unspecified atom stereocenters. The summed E-state index contributed by atoms with van der Waals surface area (Å²) < 4.78 is 5.84. The van der Waals surface area contributed by atoms with E-state index in [0.29, 0.717) is 27.6 Å². The summed E-state index contributed by atoms with van der Waals surface area (Å²) in [5.74, 6) is 1.15. The van der Waals surface area contributed by atoms with Gasteiger partial charge in [-0.3, -0.25) is 0 Å². The highest BCUT2D eigenvalue weighted by Crippen LogP contribution is 2.36. The van der Waals surface area contributed by atoms with Crippen LogP contribution in [0.1, 0.15) is 19.5 Å². The summed E-state index contributed by atoms with van der Waals surface area (Å²) in [5.41, 5.74) is 2.06. The first kappa shape index (κ1) is 17.6. The van der Waals surface area contributed by atoms with E-state index in [1.54, 1.807) is 12.4 Å². The fourth-order valence-corrected chi connectivity index (χ4v) is 2.91. The maximum absolute atomic E-state index is 6.45. The van der Waals surface area contributed by atoms with Gasteiger partial charge in [-0.15, -0.1) is 0 Å². The molecule has 4 nitrogen and oxygen atoms in total. The molecule has 3 aromatic rings. The van der Waals surface area contributed by atoms with Crippen LogP contribution in [0.25, 0.3) is 0 Å². The predicted octanol–water partition coefficient (Wildman–Crippen LogP) is 5.92. The lowest BCUT2D eigenvalue weighted by molar-refractivity contribution is 0.483. The minimum Gasteiger partial charge on any atom is -0.454 e. The maximum Gasteiger partial charge on any atom is 0.146 e. The monoisotopic (exact) mass is 375 g/mol. The third-order valence-electron chi connectivity index (χ3n) is 3.82. The Labute approximate surface area is 157 Å². The van der Waals surface area contributed by atoms with Crippen molar-refractivity contribution in [3.63, 3.8) is 0 Å². The Balaban J connectivity index is 1.83. The second kappa shape index (κ2) is 7.81. The average molecular weight is 376 g/mol. The largest absolute Gasteiger partial charge is 0.454 e. The minimum atomic E-state index is 0.301. The fraction of sp³-hybridized carbons (Fsp3) is 0.211. The van der Waals surface area contributed by atoms with Crippen LogP contribution in [0.4, 0.5) is 5.69 Å². The van der Waals surface area contributed by atoms with E-state index >= 15 is 0 Å². The molecule has 130 valence electrons. The molecule has 1 heterocycles. The third kappa shape index (κ3) is 4.27. The quantitative estimate of drug-likeness (QED) is 0.580. The summed E-state index contributed by atoms with van der Waals surface area (Å²) >= 11 is 12.6. The number of aromatic nitrogens is 2. The van der Waals surface area contributed by atoms with Crippen molar-refractivity contribution in [2.75, 3.05) is 4.90 Å². The lowest BCUT2D eigenvalue weighted by Gasteiger charge is -2.29. The zero-order chi connectivity index (χ0) is 17.8. The number of para-hydroxylation sites is 1. The SMILES string of the molecule is CC(C)N(Cc1cnc[nH]1)c1ccc(Oc2ccccc2Cl)c(Cl)c1. The highest BCUT2D eigenvalue weighted by atomic mass is 35.5. The Bertz CT molecular complexity index is 834. The number of nitrogens with zero attached hydrogens (tertiary/aromatic N) is 2. The van der Waals surface area contributed by atoms with Gasteiger partial charge in [-0.25, -0.2) is 4.98 Å². The smallest absolute Gasteiger partial charge is 0.146 e. The van der Waals surface area contributed by atoms with Crippen LogP contribution >= 0.6 is 23.2 Å². The van der Waals surface area contributed by atoms with Crippen molar-refractivity contribution in [1.82, 2.24) is 9.97 Å². The van der Waals surface area contributed by atoms with Gasteiger partial charge in [0.1, 0.15) is 11.5 Å². The maximum atomic E-state index is 6.45. The second-order valence-corrected chi connectivity index (χ2v) is 6.76. The van der Waals surface area contributed by atoms with Gasteiger partial charge in [0.25, 0.3) is 0 Å². The standard InChI is InChI=1S/C19H19Cl2N3O/c1-13(2)24(11-14-10-22-12-23-14)15-7-8-19(17(21)9-15)25-18-6-4-3-5-16(18)20/h3-10,12-13H,11H2,1-2H3,(H,22,23). The first-order valence-corrected chi connectivity index (χ1v) is 8.76. The van der Waals surface area contributed by atoms with Gasteiger partial charge in [-0.1, -0.05) is 35.3 Å². The van der Waals surface area contributed by atoms with Gasteiger partial charge in [-0.05, 0) is 44.2 Å². The number of aromatic amines is 1. The molecule has 0 saturated carbocycles. The second-order valence-electron chi connectivity index (χ2n) is 5.95. The molecule has 0 bridgehead atoms. The highest BCUT2D eigenvalue weighted by molar-refractivity contribution is 6.33. The molecule has 0 spiro atoms. The van der Waals surface area contributed by atoms with Gasteiger partial charge in [0.05, 0.1) is 28.6 Å². The molecule has 0 fully saturated rings. The summed E-state index contributed by atoms with van der Waals surface area (Å²) in [5, 5.41) is 1.08. The zero-order valence-electron chi connectivity index (χ0n) is 14.0. The van der Waals surface area contributed by atoms with Gasteiger partial charge >= 0.3 is 0 Å². The Morgan fingerprint density at radius 3 is 2.48 bits per heavy atom. The number of anilines is 1. The number of hydrogen-bond donors (Lipinski definition) is 1. The lowest BCUT2D eigenvalue weighted by Crippen LogP contribution is -2.30. The van der Waals surface area contributed by atoms with E-state index < -0.39 is 0 Å². The highest BCUT2D eigenvalue weighted by Gasteiger charge is 2.15. The molecule has 0 aliphatic carbocycles. The van der Waals surface area contributed by atoms with Crippen LogP contribution in [-0.2, 0) is 6.54 Å². The normalized spacial score (nSPS) is 10.9. The molecule has 0 radical (unpaired) electrons. The van der Waals surface area contributed by atoms with Gasteiger partial charge in [-0.2, -0.15) is 0 Å². The van der Waals surface area contributed by atoms with E-state index in [9.17, 15) is 0 Å². The summed E-state index contributed by atoms with van der Waals surface area (Å²) in [6.07, 6.45) is 3.51. The van der Waals surface area contributed by atoms with Crippen molar-refractivity contribution in [3.05, 3.63) is 70.7 Å². The van der Waals surface area contributed by atoms with Crippen LogP contribution < -0.4 is 9.64 Å². The number of hydrogen-bond acceptors (Lipinski definition) is 3. The number of rotatable bonds is 6. The molecular weight excluding hydrogens is 357 g/mol. The molecule has 0 amide bonds. The predicted molar refractivity (Wildman–Crippen MR) is 103 cm³/mol. The van der Waals surface area contributed by atoms with Crippen LogP contribution in [0.5, 0.6) is 11.5 Å². The number of benzene rings is 2. The molecule has 0 aliphatic heterocycles. The van der Waals surface area contributed by atoms with E-state index in [0.717, 1.165) is 17.9 Å². The van der Waals surface area contributed by atoms with E-state index in [-0.39, 0.29) is 0 Å². The van der Waals surface area contributed by atoms with Gasteiger partial charge in [0, 0.05) is 17.9 Å². The number of imidazole rings is 1. The number of nitrogens with one attached hydrogen (secondary N) is 1. The molecule has 25 heavy (non-hydrogen) atoms. The molecule has 6 heteroatoms. The summed E-state index contributed by atoms with van der Waals surface area (Å²) in [6, 6.07) is 13.4. The summed E-state index contributed by atoms with van der Waals surface area (Å²) in [7, 11) is 0. The molecular formula is C19H19Cl2N3O. The third-order valence-corrected chi connectivity index (χ3v) is 4.43. The van der Waals surface area contributed by atoms with Gasteiger partial charge in [0.2, 0.25) is 0 Å². The Kier molecular flexibility index (Phi) is 5.51. The molecule has 2 aromatic carbocycles. The van der Waals surface area contributed by atoms with E-state index in [1.165, 1.54) is 0 Å². The zero-order valence-corrected chi connectivity index (χ0v) is 15.6. The summed E-state index contributed by atoms with van der Waals surface area (Å²) in [4.78, 5) is 9.44. The van der Waals surface area contributed by atoms with Gasteiger partial charge < -0.3 is 14.6 Å². The Morgan fingerprint density at radius 2 is 1.84 bits per heavy atom. The van der Waals surface area contributed by atoms with Crippen LogP contribution in [-0.4, -0.2) is 16.0 Å². The first-order valence-electron chi connectivity index (χ1n) is 8.00. The minimum absolute atomic E-state index is 0.301. The Hall–Kier alpha value is -2.17. The Morgan fingerprint density at radius 1 is 1.08 bits per heavy atom. The van der Waals surface area contributed by atoms with Crippen LogP contribution in [0.3, 0.4) is 0 Å². The molecule has 1 aromatic heterocycles. The molecule has 0 saturated heterocycles. The van der Waals surface area contributed by atoms with Crippen LogP contribution in [0.2, 0.25) is 10.0 Å². The van der Waals surface area contributed by atoms with Crippen molar-refractivity contribution >= 4 is 28.9 Å². The van der Waals surface area contributed by atoms with E-state index in [1.807, 2.05) is 42.6 Å². The molecule has 0 aliphatic rings. The molecule has 0 atom stereocenters. The van der Waals surface area contributed by atoms with E-state index in [4.69, 9.17) is 27.9 Å². The number of H-pyrrole nitrogens is 1. The van der Waals surface area contributed by atoms with Crippen LogP contribution in [0.15, 0.2) is 55.0 Å². The molecule has 1 N–H and O–H groups in total. The van der Waals surface area contributed by atoms with E-state index in [2.05, 4.69) is 28.7 Å². The van der Waals surface area contributed by atoms with Gasteiger partial charge in [0.15, 0.2) is 0 Å². The van der Waals surface area contributed by atoms with Crippen molar-refractivity contribution in [2.45, 2.75) is 26.4 Å². The number of halogens is 2. The van der Waals surface area contributed by atoms with Crippen molar-refractivity contribution in [1.29, 1.82) is 0 Å². The van der Waals surface area contributed by atoms with Crippen molar-refractivity contribution in [2.24, 2.45) is 0 Å². The topological polar surface area (TPSA) is 41.2 Å². The first-order chi connectivity index (χ1) is 12.0. The number of ether oxygens (including phenoxy) is 1. The fourth-order valence-electron chi connectivity index (χ4n) is 2.52. The molecule has 3 rings (SSSR count). The van der Waals surface area contributed by atoms with Crippen molar-refractivity contribution in [3.8, 4) is 11.5 Å². The summed E-state index contributed by atoms with van der Waals surface area (Å²) in [6.45, 7) is 5.00.